The van der Waals surface area contributed by atoms with Crippen LogP contribution < -0.4 is 5.73 Å². The molecule has 0 aromatic heterocycles. The van der Waals surface area contributed by atoms with E-state index in [1.54, 1.807) is 0 Å². The molecule has 80 valence electrons. The average Bonchev–Trinajstić information content (AvgIpc) is 2.18. The second kappa shape index (κ2) is 5.53. The van der Waals surface area contributed by atoms with Crippen molar-refractivity contribution in [2.75, 3.05) is 0 Å². The van der Waals surface area contributed by atoms with E-state index in [0.29, 0.717) is 12.3 Å². The van der Waals surface area contributed by atoms with Crippen LogP contribution >= 0.6 is 0 Å². The molecule has 1 rings (SSSR count). The van der Waals surface area contributed by atoms with E-state index in [4.69, 9.17) is 11.0 Å². The summed E-state index contributed by atoms with van der Waals surface area (Å²) in [7, 11) is 0. The Morgan fingerprint density at radius 1 is 1.27 bits per heavy atom. The van der Waals surface area contributed by atoms with Gasteiger partial charge in [0, 0.05) is 6.04 Å². The Kier molecular flexibility index (Phi) is 4.33. The largest absolute Gasteiger partial charge is 0.323 e. The minimum absolute atomic E-state index is 0.150. The molecule has 2 heteroatoms. The molecule has 15 heavy (non-hydrogen) atoms. The van der Waals surface area contributed by atoms with Gasteiger partial charge in [0.05, 0.1) is 12.5 Å². The summed E-state index contributed by atoms with van der Waals surface area (Å²) in [5.74, 6) is 0.670. The lowest BCUT2D eigenvalue weighted by Crippen LogP contribution is -2.09. The molecule has 0 fully saturated rings. The lowest BCUT2D eigenvalue weighted by atomic mass is 9.99. The van der Waals surface area contributed by atoms with Crippen molar-refractivity contribution in [1.29, 1.82) is 5.26 Å². The maximum absolute atomic E-state index is 8.54. The monoisotopic (exact) mass is 202 g/mol. The van der Waals surface area contributed by atoms with Gasteiger partial charge in [-0.1, -0.05) is 38.1 Å². The van der Waals surface area contributed by atoms with Crippen molar-refractivity contribution in [3.05, 3.63) is 35.4 Å². The van der Waals surface area contributed by atoms with Crippen LogP contribution in [0, 0.1) is 17.2 Å². The molecule has 1 aromatic carbocycles. The van der Waals surface area contributed by atoms with Crippen LogP contribution in [0.25, 0.3) is 0 Å². The minimum atomic E-state index is -0.150. The van der Waals surface area contributed by atoms with E-state index >= 15 is 0 Å². The predicted molar refractivity (Wildman–Crippen MR) is 62.1 cm³/mol. The summed E-state index contributed by atoms with van der Waals surface area (Å²) in [4.78, 5) is 0. The van der Waals surface area contributed by atoms with E-state index in [1.165, 1.54) is 5.56 Å². The molecule has 0 radical (unpaired) electrons. The van der Waals surface area contributed by atoms with E-state index in [2.05, 4.69) is 32.0 Å². The zero-order chi connectivity index (χ0) is 11.3. The molecule has 0 saturated carbocycles. The van der Waals surface area contributed by atoms with E-state index in [0.717, 1.165) is 12.0 Å². The van der Waals surface area contributed by atoms with E-state index < -0.39 is 0 Å². The highest BCUT2D eigenvalue weighted by Crippen LogP contribution is 2.16. The Bertz CT molecular complexity index is 333. The minimum Gasteiger partial charge on any atom is -0.323 e. The Morgan fingerprint density at radius 3 is 2.33 bits per heavy atom. The molecule has 0 bridgehead atoms. The normalized spacial score (nSPS) is 12.5. The number of rotatable bonds is 4. The highest BCUT2D eigenvalue weighted by atomic mass is 14.6. The standard InChI is InChI=1S/C13H18N2/c1-10(2)9-11-3-5-12(6-4-11)13(15)7-8-14/h3-6,10,13H,7,9,15H2,1-2H3. The Labute approximate surface area is 91.7 Å². The first-order valence-corrected chi connectivity index (χ1v) is 5.35. The second-order valence-corrected chi connectivity index (χ2v) is 4.31. The maximum atomic E-state index is 8.54. The molecule has 1 atom stereocenters. The zero-order valence-electron chi connectivity index (χ0n) is 9.40. The third kappa shape index (κ3) is 3.73. The van der Waals surface area contributed by atoms with Crippen molar-refractivity contribution in [3.63, 3.8) is 0 Å². The molecule has 0 saturated heterocycles. The van der Waals surface area contributed by atoms with Gasteiger partial charge in [0.2, 0.25) is 0 Å². The van der Waals surface area contributed by atoms with Crippen LogP contribution in [0.5, 0.6) is 0 Å². The van der Waals surface area contributed by atoms with E-state index in [9.17, 15) is 0 Å². The average molecular weight is 202 g/mol. The molecule has 0 aliphatic rings. The molecular weight excluding hydrogens is 184 g/mol. The van der Waals surface area contributed by atoms with Crippen molar-refractivity contribution >= 4 is 0 Å². The van der Waals surface area contributed by atoms with Gasteiger partial charge in [-0.2, -0.15) is 5.26 Å². The number of nitrogens with two attached hydrogens (primary N) is 1. The lowest BCUT2D eigenvalue weighted by molar-refractivity contribution is 0.646. The third-order valence-corrected chi connectivity index (χ3v) is 2.36. The molecule has 0 spiro atoms. The van der Waals surface area contributed by atoms with Crippen LogP contribution in [-0.2, 0) is 6.42 Å². The van der Waals surface area contributed by atoms with Gasteiger partial charge in [0.1, 0.15) is 0 Å². The second-order valence-electron chi connectivity index (χ2n) is 4.31. The number of benzene rings is 1. The van der Waals surface area contributed by atoms with Crippen LogP contribution in [0.1, 0.15) is 37.4 Å². The molecule has 1 aromatic rings. The summed E-state index contributed by atoms with van der Waals surface area (Å²) < 4.78 is 0. The van der Waals surface area contributed by atoms with Gasteiger partial charge in [-0.25, -0.2) is 0 Å². The van der Waals surface area contributed by atoms with Crippen LogP contribution in [0.4, 0.5) is 0 Å². The third-order valence-electron chi connectivity index (χ3n) is 2.36. The number of nitrogens with zero attached hydrogens (tertiary/aromatic N) is 1. The Hall–Kier alpha value is -1.33. The summed E-state index contributed by atoms with van der Waals surface area (Å²) in [5.41, 5.74) is 8.21. The van der Waals surface area contributed by atoms with Gasteiger partial charge in [-0.05, 0) is 23.5 Å². The fraction of sp³-hybridized carbons (Fsp3) is 0.462. The summed E-state index contributed by atoms with van der Waals surface area (Å²) in [6, 6.07) is 10.2. The van der Waals surface area contributed by atoms with Crippen LogP contribution in [-0.4, -0.2) is 0 Å². The summed E-state index contributed by atoms with van der Waals surface area (Å²) in [6.45, 7) is 4.41. The highest BCUT2D eigenvalue weighted by Gasteiger charge is 2.05. The molecular formula is C13H18N2. The Balaban J connectivity index is 2.68. The SMILES string of the molecule is CC(C)Cc1ccc(C(N)CC#N)cc1. The van der Waals surface area contributed by atoms with Gasteiger partial charge in [-0.15, -0.1) is 0 Å². The number of nitriles is 1. The van der Waals surface area contributed by atoms with Crippen molar-refractivity contribution < 1.29 is 0 Å². The molecule has 0 aliphatic carbocycles. The van der Waals surface area contributed by atoms with Gasteiger partial charge in [-0.3, -0.25) is 0 Å². The molecule has 0 aliphatic heterocycles. The molecule has 0 amide bonds. The van der Waals surface area contributed by atoms with Crippen LogP contribution in [0.3, 0.4) is 0 Å². The van der Waals surface area contributed by atoms with Gasteiger partial charge >= 0.3 is 0 Å². The quantitative estimate of drug-likeness (QED) is 0.816. The summed E-state index contributed by atoms with van der Waals surface area (Å²) in [6.07, 6.45) is 1.47. The predicted octanol–water partition coefficient (Wildman–Crippen LogP) is 2.80. The smallest absolute Gasteiger partial charge is 0.0641 e. The lowest BCUT2D eigenvalue weighted by Gasteiger charge is -2.09. The Morgan fingerprint density at radius 2 is 1.87 bits per heavy atom. The van der Waals surface area contributed by atoms with E-state index in [1.807, 2.05) is 12.1 Å². The van der Waals surface area contributed by atoms with Gasteiger partial charge in [0.15, 0.2) is 0 Å². The zero-order valence-corrected chi connectivity index (χ0v) is 9.40. The summed E-state index contributed by atoms with van der Waals surface area (Å²) >= 11 is 0. The maximum Gasteiger partial charge on any atom is 0.0641 e. The highest BCUT2D eigenvalue weighted by molar-refractivity contribution is 5.25. The number of hydrogen-bond donors (Lipinski definition) is 1. The molecule has 1 unspecified atom stereocenters. The first-order valence-electron chi connectivity index (χ1n) is 5.35. The van der Waals surface area contributed by atoms with Crippen LogP contribution in [0.15, 0.2) is 24.3 Å². The first-order chi connectivity index (χ1) is 7.13. The number of hydrogen-bond acceptors (Lipinski definition) is 2. The van der Waals surface area contributed by atoms with Gasteiger partial charge < -0.3 is 5.73 Å². The van der Waals surface area contributed by atoms with Crippen molar-refractivity contribution in [2.24, 2.45) is 11.7 Å². The molecule has 2 N–H and O–H groups in total. The van der Waals surface area contributed by atoms with Crippen LogP contribution in [0.2, 0.25) is 0 Å². The summed E-state index contributed by atoms with van der Waals surface area (Å²) in [5, 5.41) is 8.54. The topological polar surface area (TPSA) is 49.8 Å². The fourth-order valence-corrected chi connectivity index (χ4v) is 1.59. The fourth-order valence-electron chi connectivity index (χ4n) is 1.59. The van der Waals surface area contributed by atoms with Crippen molar-refractivity contribution in [2.45, 2.75) is 32.7 Å². The molecule has 2 nitrogen and oxygen atoms in total. The van der Waals surface area contributed by atoms with Crippen molar-refractivity contribution in [1.82, 2.24) is 0 Å². The van der Waals surface area contributed by atoms with E-state index in [-0.39, 0.29) is 6.04 Å². The van der Waals surface area contributed by atoms with Crippen molar-refractivity contribution in [3.8, 4) is 6.07 Å². The molecule has 0 heterocycles. The van der Waals surface area contributed by atoms with Gasteiger partial charge in [0.25, 0.3) is 0 Å². The first kappa shape index (κ1) is 11.7.